The first-order valence-electron chi connectivity index (χ1n) is 6.46. The first kappa shape index (κ1) is 11.3. The number of hydrogen-bond acceptors (Lipinski definition) is 5. The van der Waals surface area contributed by atoms with Gasteiger partial charge < -0.3 is 10.6 Å². The van der Waals surface area contributed by atoms with Crippen LogP contribution in [0.25, 0.3) is 11.0 Å². The Bertz CT molecular complexity index is 565. The van der Waals surface area contributed by atoms with Crippen molar-refractivity contribution < 1.29 is 4.63 Å². The molecule has 2 N–H and O–H groups in total. The number of anilines is 2. The summed E-state index contributed by atoms with van der Waals surface area (Å²) in [5.74, 6) is 0.686. The van der Waals surface area contributed by atoms with Crippen LogP contribution in [-0.4, -0.2) is 22.9 Å². The highest BCUT2D eigenvalue weighted by Crippen LogP contribution is 2.34. The van der Waals surface area contributed by atoms with Crippen LogP contribution in [0.15, 0.2) is 16.8 Å². The maximum Gasteiger partial charge on any atom is 0.160 e. The molecule has 1 fully saturated rings. The number of rotatable bonds is 1. The number of aromatic nitrogens is 2. The van der Waals surface area contributed by atoms with Gasteiger partial charge in [-0.25, -0.2) is 4.63 Å². The quantitative estimate of drug-likeness (QED) is 0.783. The second kappa shape index (κ2) is 4.15. The summed E-state index contributed by atoms with van der Waals surface area (Å²) in [6.07, 6.45) is 2.50. The van der Waals surface area contributed by atoms with Crippen molar-refractivity contribution in [2.45, 2.75) is 32.7 Å². The smallest absolute Gasteiger partial charge is 0.160 e. The highest BCUT2D eigenvalue weighted by Gasteiger charge is 2.27. The van der Waals surface area contributed by atoms with Crippen LogP contribution in [0.4, 0.5) is 11.4 Å². The molecule has 0 bridgehead atoms. The molecule has 0 amide bonds. The molecule has 0 aliphatic carbocycles. The molecular formula is C13H18N4O. The second-order valence-corrected chi connectivity index (χ2v) is 5.19. The van der Waals surface area contributed by atoms with E-state index in [0.717, 1.165) is 17.7 Å². The van der Waals surface area contributed by atoms with Gasteiger partial charge in [-0.15, -0.1) is 0 Å². The fraction of sp³-hybridized carbons (Fsp3) is 0.538. The Balaban J connectivity index is 2.08. The van der Waals surface area contributed by atoms with Gasteiger partial charge in [0.15, 0.2) is 11.0 Å². The molecule has 3 rings (SSSR count). The van der Waals surface area contributed by atoms with Crippen molar-refractivity contribution in [3.63, 3.8) is 0 Å². The summed E-state index contributed by atoms with van der Waals surface area (Å²) in [5, 5.41) is 7.89. The summed E-state index contributed by atoms with van der Waals surface area (Å²) in [6.45, 7) is 5.61. The lowest BCUT2D eigenvalue weighted by molar-refractivity contribution is 0.315. The van der Waals surface area contributed by atoms with E-state index >= 15 is 0 Å². The van der Waals surface area contributed by atoms with Crippen molar-refractivity contribution in [3.05, 3.63) is 12.1 Å². The summed E-state index contributed by atoms with van der Waals surface area (Å²) < 4.78 is 4.83. The van der Waals surface area contributed by atoms with Gasteiger partial charge >= 0.3 is 0 Å². The Morgan fingerprint density at radius 2 is 2.06 bits per heavy atom. The number of nitrogens with two attached hydrogens (primary N) is 1. The van der Waals surface area contributed by atoms with Crippen molar-refractivity contribution in [3.8, 4) is 0 Å². The molecule has 0 radical (unpaired) electrons. The number of fused-ring (bicyclic) bond motifs is 1. The first-order chi connectivity index (χ1) is 8.68. The van der Waals surface area contributed by atoms with Crippen LogP contribution in [0.3, 0.4) is 0 Å². The molecule has 5 heteroatoms. The molecule has 96 valence electrons. The minimum absolute atomic E-state index is 0.502. The van der Waals surface area contributed by atoms with Crippen molar-refractivity contribution in [2.75, 3.05) is 17.2 Å². The predicted molar refractivity (Wildman–Crippen MR) is 71.4 cm³/mol. The van der Waals surface area contributed by atoms with Crippen LogP contribution >= 0.6 is 0 Å². The van der Waals surface area contributed by atoms with Gasteiger partial charge in [-0.3, -0.25) is 0 Å². The average Bonchev–Trinajstić information content (AvgIpc) is 2.84. The zero-order valence-electron chi connectivity index (χ0n) is 10.8. The monoisotopic (exact) mass is 246 g/mol. The normalized spacial score (nSPS) is 24.7. The Kier molecular flexibility index (Phi) is 2.61. The van der Waals surface area contributed by atoms with Crippen molar-refractivity contribution in [1.29, 1.82) is 0 Å². The molecule has 2 heterocycles. The highest BCUT2D eigenvalue weighted by atomic mass is 16.6. The van der Waals surface area contributed by atoms with Crippen molar-refractivity contribution >= 4 is 22.4 Å². The fourth-order valence-corrected chi connectivity index (χ4v) is 2.78. The molecule has 2 unspecified atom stereocenters. The molecule has 2 aromatic rings. The third-order valence-electron chi connectivity index (χ3n) is 4.11. The number of piperidine rings is 1. The van der Waals surface area contributed by atoms with Crippen LogP contribution < -0.4 is 10.6 Å². The fourth-order valence-electron chi connectivity index (χ4n) is 2.78. The summed E-state index contributed by atoms with van der Waals surface area (Å²) in [6, 6.07) is 4.41. The molecule has 2 atom stereocenters. The number of hydrogen-bond donors (Lipinski definition) is 1. The average molecular weight is 246 g/mol. The molecule has 0 saturated carbocycles. The lowest BCUT2D eigenvalue weighted by Crippen LogP contribution is -2.42. The number of benzene rings is 1. The number of nitrogens with zero attached hydrogens (tertiary/aromatic N) is 3. The van der Waals surface area contributed by atoms with E-state index in [9.17, 15) is 0 Å². The summed E-state index contributed by atoms with van der Waals surface area (Å²) in [4.78, 5) is 2.39. The summed E-state index contributed by atoms with van der Waals surface area (Å²) in [5.41, 5.74) is 9.02. The molecular weight excluding hydrogens is 228 g/mol. The molecule has 1 aliphatic heterocycles. The van der Waals surface area contributed by atoms with Gasteiger partial charge in [0.05, 0.1) is 11.4 Å². The molecule has 1 aliphatic rings. The standard InChI is InChI=1S/C13H18N4O/c1-8-4-3-7-17(9(8)2)11-6-5-10(14)12-13(11)16-18-15-12/h5-6,8-9H,3-4,7,14H2,1-2H3. The minimum Gasteiger partial charge on any atom is -0.397 e. The number of nitrogen functional groups attached to an aromatic ring is 1. The topological polar surface area (TPSA) is 68.2 Å². The lowest BCUT2D eigenvalue weighted by atomic mass is 9.91. The molecule has 5 nitrogen and oxygen atoms in total. The zero-order valence-corrected chi connectivity index (χ0v) is 10.8. The zero-order chi connectivity index (χ0) is 12.7. The summed E-state index contributed by atoms with van der Waals surface area (Å²) >= 11 is 0. The Hall–Kier alpha value is -1.78. The Labute approximate surface area is 106 Å². The maximum absolute atomic E-state index is 5.88. The maximum atomic E-state index is 5.88. The third-order valence-corrected chi connectivity index (χ3v) is 4.11. The van der Waals surface area contributed by atoms with Gasteiger partial charge in [-0.05, 0) is 48.1 Å². The van der Waals surface area contributed by atoms with E-state index in [2.05, 4.69) is 29.1 Å². The van der Waals surface area contributed by atoms with Gasteiger partial charge in [-0.2, -0.15) is 0 Å². The molecule has 1 aromatic heterocycles. The van der Waals surface area contributed by atoms with E-state index in [1.807, 2.05) is 12.1 Å². The van der Waals surface area contributed by atoms with Crippen LogP contribution in [0.5, 0.6) is 0 Å². The Morgan fingerprint density at radius 1 is 1.28 bits per heavy atom. The van der Waals surface area contributed by atoms with Crippen LogP contribution in [0, 0.1) is 5.92 Å². The van der Waals surface area contributed by atoms with E-state index in [0.29, 0.717) is 23.2 Å². The highest BCUT2D eigenvalue weighted by molar-refractivity contribution is 5.95. The molecule has 1 saturated heterocycles. The largest absolute Gasteiger partial charge is 0.397 e. The van der Waals surface area contributed by atoms with E-state index in [1.165, 1.54) is 12.8 Å². The molecule has 0 spiro atoms. The van der Waals surface area contributed by atoms with Gasteiger partial charge in [0.1, 0.15) is 0 Å². The second-order valence-electron chi connectivity index (χ2n) is 5.19. The van der Waals surface area contributed by atoms with E-state index in [4.69, 9.17) is 10.4 Å². The van der Waals surface area contributed by atoms with Gasteiger partial charge in [-0.1, -0.05) is 6.92 Å². The Morgan fingerprint density at radius 3 is 2.89 bits per heavy atom. The first-order valence-corrected chi connectivity index (χ1v) is 6.46. The lowest BCUT2D eigenvalue weighted by Gasteiger charge is -2.39. The van der Waals surface area contributed by atoms with E-state index < -0.39 is 0 Å². The van der Waals surface area contributed by atoms with E-state index in [1.54, 1.807) is 0 Å². The summed E-state index contributed by atoms with van der Waals surface area (Å²) in [7, 11) is 0. The minimum atomic E-state index is 0.502. The van der Waals surface area contributed by atoms with Crippen LogP contribution in [0.1, 0.15) is 26.7 Å². The van der Waals surface area contributed by atoms with Gasteiger partial charge in [0, 0.05) is 12.6 Å². The van der Waals surface area contributed by atoms with Crippen molar-refractivity contribution in [2.24, 2.45) is 5.92 Å². The third kappa shape index (κ3) is 1.62. The van der Waals surface area contributed by atoms with Gasteiger partial charge in [0.2, 0.25) is 0 Å². The van der Waals surface area contributed by atoms with E-state index in [-0.39, 0.29) is 0 Å². The molecule has 1 aromatic carbocycles. The van der Waals surface area contributed by atoms with Crippen LogP contribution in [-0.2, 0) is 0 Å². The molecule has 18 heavy (non-hydrogen) atoms. The van der Waals surface area contributed by atoms with Gasteiger partial charge in [0.25, 0.3) is 0 Å². The SMILES string of the molecule is CC1CCCN(c2ccc(N)c3nonc23)C1C. The predicted octanol–water partition coefficient (Wildman–Crippen LogP) is 2.43. The van der Waals surface area contributed by atoms with Crippen LogP contribution in [0.2, 0.25) is 0 Å². The van der Waals surface area contributed by atoms with Crippen molar-refractivity contribution in [1.82, 2.24) is 10.3 Å².